The van der Waals surface area contributed by atoms with Gasteiger partial charge in [0.2, 0.25) is 5.91 Å². The van der Waals surface area contributed by atoms with E-state index in [1.54, 1.807) is 7.11 Å². The molecule has 0 bridgehead atoms. The minimum Gasteiger partial charge on any atom is -0.497 e. The summed E-state index contributed by atoms with van der Waals surface area (Å²) in [7, 11) is 3.65. The predicted molar refractivity (Wildman–Crippen MR) is 113 cm³/mol. The summed E-state index contributed by atoms with van der Waals surface area (Å²) in [6.07, 6.45) is 1.38. The van der Waals surface area contributed by atoms with E-state index in [1.807, 2.05) is 60.5 Å². The van der Waals surface area contributed by atoms with Crippen LogP contribution in [-0.4, -0.2) is 55.7 Å². The summed E-state index contributed by atoms with van der Waals surface area (Å²) in [5.41, 5.74) is 2.61. The number of ether oxygens (including phenoxy) is 1. The number of nitrogens with one attached hydrogen (secondary N) is 2. The lowest BCUT2D eigenvalue weighted by Crippen LogP contribution is -2.46. The standard InChI is InChI=1S/C22H28N4O3/c1-25-12-3-13-26(16-25)21(27)14-17-4-8-19(9-5-17)24-22(28)23-15-18-6-10-20(29-2)11-7-18/h4-11H,3,12-16H2,1-2H3,(H2,23,24,28). The second-order valence-electron chi connectivity index (χ2n) is 7.26. The Balaban J connectivity index is 1.45. The van der Waals surface area contributed by atoms with Gasteiger partial charge in [0.25, 0.3) is 0 Å². The fourth-order valence-corrected chi connectivity index (χ4v) is 3.26. The van der Waals surface area contributed by atoms with E-state index in [9.17, 15) is 9.59 Å². The van der Waals surface area contributed by atoms with Gasteiger partial charge in [-0.1, -0.05) is 24.3 Å². The maximum Gasteiger partial charge on any atom is 0.319 e. The molecule has 3 amide bonds. The van der Waals surface area contributed by atoms with Gasteiger partial charge in [0.1, 0.15) is 5.75 Å². The molecule has 0 spiro atoms. The van der Waals surface area contributed by atoms with Crippen molar-refractivity contribution in [3.8, 4) is 5.75 Å². The lowest BCUT2D eigenvalue weighted by Gasteiger charge is -2.33. The molecule has 0 atom stereocenters. The molecule has 1 aliphatic heterocycles. The van der Waals surface area contributed by atoms with Gasteiger partial charge in [-0.25, -0.2) is 4.79 Å². The van der Waals surface area contributed by atoms with Crippen LogP contribution < -0.4 is 15.4 Å². The van der Waals surface area contributed by atoms with Gasteiger partial charge in [0.15, 0.2) is 0 Å². The molecule has 2 aromatic carbocycles. The number of hydrogen-bond acceptors (Lipinski definition) is 4. The van der Waals surface area contributed by atoms with E-state index < -0.39 is 0 Å². The second-order valence-corrected chi connectivity index (χ2v) is 7.26. The molecule has 2 aromatic rings. The van der Waals surface area contributed by atoms with Gasteiger partial charge in [-0.15, -0.1) is 0 Å². The number of amides is 3. The maximum atomic E-state index is 12.4. The molecule has 154 valence electrons. The van der Waals surface area contributed by atoms with Crippen LogP contribution in [0.15, 0.2) is 48.5 Å². The average molecular weight is 396 g/mol. The van der Waals surface area contributed by atoms with E-state index in [0.717, 1.165) is 36.4 Å². The topological polar surface area (TPSA) is 73.9 Å². The Morgan fingerprint density at radius 2 is 1.69 bits per heavy atom. The highest BCUT2D eigenvalue weighted by Gasteiger charge is 2.19. The monoisotopic (exact) mass is 396 g/mol. The molecule has 2 N–H and O–H groups in total. The zero-order valence-corrected chi connectivity index (χ0v) is 17.0. The van der Waals surface area contributed by atoms with Crippen molar-refractivity contribution in [1.29, 1.82) is 0 Å². The number of carbonyl (C=O) groups excluding carboxylic acids is 2. The molecule has 0 aromatic heterocycles. The Bertz CT molecular complexity index is 821. The van der Waals surface area contributed by atoms with Crippen LogP contribution in [0.3, 0.4) is 0 Å². The van der Waals surface area contributed by atoms with Gasteiger partial charge in [0, 0.05) is 25.3 Å². The van der Waals surface area contributed by atoms with Crippen LogP contribution in [0.5, 0.6) is 5.75 Å². The van der Waals surface area contributed by atoms with E-state index in [1.165, 1.54) is 0 Å². The lowest BCUT2D eigenvalue weighted by molar-refractivity contribution is -0.134. The fourth-order valence-electron chi connectivity index (χ4n) is 3.26. The van der Waals surface area contributed by atoms with Gasteiger partial charge < -0.3 is 20.3 Å². The quantitative estimate of drug-likeness (QED) is 0.787. The first-order valence-corrected chi connectivity index (χ1v) is 9.76. The molecule has 0 unspecified atom stereocenters. The number of carbonyl (C=O) groups is 2. The number of anilines is 1. The Hall–Kier alpha value is -3.06. The van der Waals surface area contributed by atoms with Crippen molar-refractivity contribution in [2.75, 3.05) is 39.2 Å². The van der Waals surface area contributed by atoms with Gasteiger partial charge in [0.05, 0.1) is 20.2 Å². The van der Waals surface area contributed by atoms with Crippen LogP contribution in [0.4, 0.5) is 10.5 Å². The fraction of sp³-hybridized carbons (Fsp3) is 0.364. The molecule has 1 heterocycles. The number of hydrogen-bond donors (Lipinski definition) is 2. The summed E-state index contributed by atoms with van der Waals surface area (Å²) in [5, 5.41) is 5.63. The summed E-state index contributed by atoms with van der Waals surface area (Å²) < 4.78 is 5.12. The van der Waals surface area contributed by atoms with Gasteiger partial charge in [-0.2, -0.15) is 0 Å². The van der Waals surface area contributed by atoms with Crippen LogP contribution in [-0.2, 0) is 17.8 Å². The highest BCUT2D eigenvalue weighted by atomic mass is 16.5. The van der Waals surface area contributed by atoms with Crippen LogP contribution >= 0.6 is 0 Å². The SMILES string of the molecule is COc1ccc(CNC(=O)Nc2ccc(CC(=O)N3CCCN(C)C3)cc2)cc1. The van der Waals surface area contributed by atoms with Crippen molar-refractivity contribution in [2.24, 2.45) is 0 Å². The molecule has 1 saturated heterocycles. The zero-order valence-electron chi connectivity index (χ0n) is 17.0. The van der Waals surface area contributed by atoms with E-state index in [2.05, 4.69) is 15.5 Å². The first-order valence-electron chi connectivity index (χ1n) is 9.76. The third-order valence-corrected chi connectivity index (χ3v) is 4.91. The normalized spacial score (nSPS) is 14.3. The molecule has 1 aliphatic rings. The molecule has 3 rings (SSSR count). The molecule has 7 nitrogen and oxygen atoms in total. The third-order valence-electron chi connectivity index (χ3n) is 4.91. The molecule has 0 aliphatic carbocycles. The molecular weight excluding hydrogens is 368 g/mol. The molecule has 0 saturated carbocycles. The van der Waals surface area contributed by atoms with Crippen molar-refractivity contribution in [2.45, 2.75) is 19.4 Å². The van der Waals surface area contributed by atoms with Crippen LogP contribution in [0, 0.1) is 0 Å². The highest BCUT2D eigenvalue weighted by Crippen LogP contribution is 2.13. The van der Waals surface area contributed by atoms with Crippen molar-refractivity contribution in [1.82, 2.24) is 15.1 Å². The van der Waals surface area contributed by atoms with Crippen molar-refractivity contribution >= 4 is 17.6 Å². The Kier molecular flexibility index (Phi) is 7.08. The third kappa shape index (κ3) is 6.22. The summed E-state index contributed by atoms with van der Waals surface area (Å²) in [6, 6.07) is 14.6. The van der Waals surface area contributed by atoms with Gasteiger partial charge >= 0.3 is 6.03 Å². The van der Waals surface area contributed by atoms with E-state index in [-0.39, 0.29) is 11.9 Å². The van der Waals surface area contributed by atoms with E-state index >= 15 is 0 Å². The van der Waals surface area contributed by atoms with Crippen LogP contribution in [0.1, 0.15) is 17.5 Å². The smallest absolute Gasteiger partial charge is 0.319 e. The van der Waals surface area contributed by atoms with Crippen LogP contribution in [0.2, 0.25) is 0 Å². The van der Waals surface area contributed by atoms with E-state index in [0.29, 0.717) is 25.3 Å². The van der Waals surface area contributed by atoms with Crippen molar-refractivity contribution in [3.63, 3.8) is 0 Å². The summed E-state index contributed by atoms with van der Waals surface area (Å²) in [4.78, 5) is 28.6. The minimum absolute atomic E-state index is 0.134. The van der Waals surface area contributed by atoms with Gasteiger partial charge in [-0.3, -0.25) is 9.69 Å². The number of urea groups is 1. The van der Waals surface area contributed by atoms with Crippen molar-refractivity contribution in [3.05, 3.63) is 59.7 Å². The molecule has 0 radical (unpaired) electrons. The highest BCUT2D eigenvalue weighted by molar-refractivity contribution is 5.89. The first-order chi connectivity index (χ1) is 14.0. The van der Waals surface area contributed by atoms with E-state index in [4.69, 9.17) is 4.74 Å². The molecular formula is C22H28N4O3. The molecule has 1 fully saturated rings. The average Bonchev–Trinajstić information content (AvgIpc) is 2.74. The molecule has 29 heavy (non-hydrogen) atoms. The number of benzene rings is 2. The first kappa shape index (κ1) is 20.7. The van der Waals surface area contributed by atoms with Gasteiger partial charge in [-0.05, 0) is 48.9 Å². The largest absolute Gasteiger partial charge is 0.497 e. The van der Waals surface area contributed by atoms with Crippen molar-refractivity contribution < 1.29 is 14.3 Å². The Labute approximate surface area is 171 Å². The molecule has 7 heteroatoms. The maximum absolute atomic E-state index is 12.4. The zero-order chi connectivity index (χ0) is 20.6. The summed E-state index contributed by atoms with van der Waals surface area (Å²) in [5.74, 6) is 0.915. The Morgan fingerprint density at radius 3 is 2.34 bits per heavy atom. The number of rotatable bonds is 6. The number of nitrogens with zero attached hydrogens (tertiary/aromatic N) is 2. The lowest BCUT2D eigenvalue weighted by atomic mass is 10.1. The predicted octanol–water partition coefficient (Wildman–Crippen LogP) is 2.68. The van der Waals surface area contributed by atoms with Crippen LogP contribution in [0.25, 0.3) is 0 Å². The summed E-state index contributed by atoms with van der Waals surface area (Å²) in [6.45, 7) is 2.96. The number of methoxy groups -OCH3 is 1. The summed E-state index contributed by atoms with van der Waals surface area (Å²) >= 11 is 0. The Morgan fingerprint density at radius 1 is 1.00 bits per heavy atom. The second kappa shape index (κ2) is 9.93. The minimum atomic E-state index is -0.277.